The summed E-state index contributed by atoms with van der Waals surface area (Å²) >= 11 is 1.34. The molecule has 0 unspecified atom stereocenters. The quantitative estimate of drug-likeness (QED) is 0.197. The van der Waals surface area contributed by atoms with Crippen molar-refractivity contribution in [3.05, 3.63) is 105 Å². The van der Waals surface area contributed by atoms with E-state index in [1.807, 2.05) is 35.2 Å². The van der Waals surface area contributed by atoms with E-state index in [2.05, 4.69) is 15.5 Å². The van der Waals surface area contributed by atoms with Gasteiger partial charge in [0.1, 0.15) is 11.6 Å². The summed E-state index contributed by atoms with van der Waals surface area (Å²) in [6.45, 7) is 2.39. The SMILES string of the molecule is COc1cccc2c1CC[C@H]2NC(=O)c1ccc(-c2c3c(nc(CCc4ccc(F)cc4)c2-c2nnc(C)o2)[C@@H]2CCCN2C3=O)s1. The number of carbonyl (C=O) groups is 2. The number of hydrogen-bond acceptors (Lipinski definition) is 8. The first-order chi connectivity index (χ1) is 22.9. The number of ether oxygens (including phenoxy) is 1. The summed E-state index contributed by atoms with van der Waals surface area (Å²) in [5.74, 6) is 0.978. The molecule has 8 rings (SSSR count). The Bertz CT molecular complexity index is 2040. The lowest BCUT2D eigenvalue weighted by Gasteiger charge is -2.16. The number of carbonyl (C=O) groups excluding carboxylic acids is 2. The van der Waals surface area contributed by atoms with Crippen LogP contribution in [0.3, 0.4) is 0 Å². The summed E-state index contributed by atoms with van der Waals surface area (Å²) in [7, 11) is 1.66. The summed E-state index contributed by atoms with van der Waals surface area (Å²) < 4.78 is 25.2. The van der Waals surface area contributed by atoms with Crippen LogP contribution >= 0.6 is 11.3 Å². The maximum Gasteiger partial charge on any atom is 0.261 e. The van der Waals surface area contributed by atoms with Crippen molar-refractivity contribution in [2.75, 3.05) is 13.7 Å². The minimum atomic E-state index is -0.289. The largest absolute Gasteiger partial charge is 0.496 e. The average Bonchev–Trinajstić information content (AvgIpc) is 3.92. The molecular formula is C36H32FN5O4S. The van der Waals surface area contributed by atoms with Crippen molar-refractivity contribution in [1.82, 2.24) is 25.4 Å². The Morgan fingerprint density at radius 1 is 1.06 bits per heavy atom. The van der Waals surface area contributed by atoms with Gasteiger partial charge in [-0.05, 0) is 85.5 Å². The van der Waals surface area contributed by atoms with Crippen molar-refractivity contribution in [3.8, 4) is 27.6 Å². The third-order valence-electron chi connectivity index (χ3n) is 9.48. The minimum absolute atomic E-state index is 0.0662. The Hall–Kier alpha value is -4.90. The average molecular weight is 650 g/mol. The number of rotatable bonds is 8. The Kier molecular flexibility index (Phi) is 7.35. The summed E-state index contributed by atoms with van der Waals surface area (Å²) in [5, 5.41) is 11.7. The molecule has 5 aromatic rings. The number of nitrogens with one attached hydrogen (secondary N) is 1. The smallest absolute Gasteiger partial charge is 0.261 e. The molecule has 0 spiro atoms. The molecule has 11 heteroatoms. The molecule has 3 aliphatic rings. The molecule has 2 amide bonds. The van der Waals surface area contributed by atoms with Crippen LogP contribution in [0.4, 0.5) is 4.39 Å². The van der Waals surface area contributed by atoms with E-state index in [4.69, 9.17) is 14.1 Å². The van der Waals surface area contributed by atoms with Gasteiger partial charge >= 0.3 is 0 Å². The topological polar surface area (TPSA) is 110 Å². The summed E-state index contributed by atoms with van der Waals surface area (Å²) in [5.41, 5.74) is 6.47. The van der Waals surface area contributed by atoms with Crippen LogP contribution in [0.5, 0.6) is 5.75 Å². The zero-order valence-corrected chi connectivity index (χ0v) is 26.8. The molecule has 2 aromatic carbocycles. The highest BCUT2D eigenvalue weighted by molar-refractivity contribution is 7.17. The second-order valence-corrected chi connectivity index (χ2v) is 13.3. The van der Waals surface area contributed by atoms with Gasteiger partial charge in [0.25, 0.3) is 11.8 Å². The molecule has 9 nitrogen and oxygen atoms in total. The van der Waals surface area contributed by atoms with Crippen molar-refractivity contribution < 1.29 is 23.1 Å². The van der Waals surface area contributed by atoms with Crippen molar-refractivity contribution in [2.24, 2.45) is 0 Å². The van der Waals surface area contributed by atoms with Crippen molar-refractivity contribution >= 4 is 23.2 Å². The third kappa shape index (κ3) is 5.09. The molecule has 47 heavy (non-hydrogen) atoms. The zero-order valence-electron chi connectivity index (χ0n) is 26.0. The van der Waals surface area contributed by atoms with Crippen LogP contribution in [0.25, 0.3) is 21.9 Å². The van der Waals surface area contributed by atoms with Crippen LogP contribution in [0.1, 0.15) is 85.3 Å². The Morgan fingerprint density at radius 2 is 1.91 bits per heavy atom. The van der Waals surface area contributed by atoms with E-state index in [-0.39, 0.29) is 35.6 Å². The summed E-state index contributed by atoms with van der Waals surface area (Å²) in [6.07, 6.45) is 4.49. The van der Waals surface area contributed by atoms with E-state index in [9.17, 15) is 14.0 Å². The van der Waals surface area contributed by atoms with Crippen molar-refractivity contribution in [3.63, 3.8) is 0 Å². The van der Waals surface area contributed by atoms with Gasteiger partial charge < -0.3 is 19.4 Å². The molecule has 3 aromatic heterocycles. The third-order valence-corrected chi connectivity index (χ3v) is 10.6. The van der Waals surface area contributed by atoms with Crippen LogP contribution < -0.4 is 10.1 Å². The van der Waals surface area contributed by atoms with Gasteiger partial charge in [0.2, 0.25) is 11.8 Å². The molecule has 1 fully saturated rings. The van der Waals surface area contributed by atoms with Gasteiger partial charge in [0.15, 0.2) is 0 Å². The van der Waals surface area contributed by atoms with Crippen molar-refractivity contribution in [2.45, 2.75) is 57.5 Å². The van der Waals surface area contributed by atoms with E-state index < -0.39 is 0 Å². The number of aromatic nitrogens is 3. The van der Waals surface area contributed by atoms with Gasteiger partial charge in [-0.15, -0.1) is 21.5 Å². The molecule has 1 N–H and O–H groups in total. The normalized spacial score (nSPS) is 17.9. The number of pyridine rings is 1. The second kappa shape index (κ2) is 11.7. The Labute approximate surface area is 274 Å². The summed E-state index contributed by atoms with van der Waals surface area (Å²) in [4.78, 5) is 36.1. The predicted molar refractivity (Wildman–Crippen MR) is 174 cm³/mol. The number of amides is 2. The maximum atomic E-state index is 14.0. The lowest BCUT2D eigenvalue weighted by molar-refractivity contribution is 0.0776. The van der Waals surface area contributed by atoms with Crippen LogP contribution in [-0.4, -0.2) is 45.6 Å². The number of benzene rings is 2. The first-order valence-electron chi connectivity index (χ1n) is 15.9. The second-order valence-electron chi connectivity index (χ2n) is 12.2. The van der Waals surface area contributed by atoms with E-state index in [1.54, 1.807) is 26.2 Å². The first-order valence-corrected chi connectivity index (χ1v) is 16.7. The monoisotopic (exact) mass is 649 g/mol. The van der Waals surface area contributed by atoms with Crippen LogP contribution in [0.15, 0.2) is 59.0 Å². The standard InChI is InChI=1S/C36H32FN5O4S/c1-19-40-41-35(46-19)30-25(14-10-20-8-11-21(37)12-9-20)38-33-26-6-4-18-42(26)36(44)32(33)31(30)28-16-17-29(47-28)34(43)39-24-15-13-23-22(24)5-3-7-27(23)45-2/h3,5,7-9,11-12,16-17,24,26H,4,6,10,13-15,18H2,1-2H3,(H,39,43)/t24-,26+/m1/s1. The van der Waals surface area contributed by atoms with Crippen molar-refractivity contribution in [1.29, 1.82) is 0 Å². The van der Waals surface area contributed by atoms with Gasteiger partial charge in [-0.3, -0.25) is 14.6 Å². The molecule has 2 atom stereocenters. The van der Waals surface area contributed by atoms with Gasteiger partial charge in [-0.1, -0.05) is 24.3 Å². The number of aryl methyl sites for hydroxylation is 3. The number of fused-ring (bicyclic) bond motifs is 4. The Morgan fingerprint density at radius 3 is 2.70 bits per heavy atom. The Balaban J connectivity index is 1.21. The molecule has 5 heterocycles. The molecule has 238 valence electrons. The highest BCUT2D eigenvalue weighted by Crippen LogP contribution is 2.49. The summed E-state index contributed by atoms with van der Waals surface area (Å²) in [6, 6.07) is 15.9. The highest BCUT2D eigenvalue weighted by Gasteiger charge is 2.45. The zero-order chi connectivity index (χ0) is 32.2. The number of nitrogens with zero attached hydrogens (tertiary/aromatic N) is 4. The van der Waals surface area contributed by atoms with Gasteiger partial charge in [0.05, 0.1) is 46.6 Å². The molecule has 2 aliphatic heterocycles. The molecule has 0 bridgehead atoms. The molecular weight excluding hydrogens is 617 g/mol. The number of thiophene rings is 1. The fourth-order valence-corrected chi connectivity index (χ4v) is 8.27. The van der Waals surface area contributed by atoms with Crippen LogP contribution in [-0.2, 0) is 19.3 Å². The molecule has 0 saturated carbocycles. The lowest BCUT2D eigenvalue weighted by atomic mass is 9.93. The number of methoxy groups -OCH3 is 1. The van der Waals surface area contributed by atoms with Gasteiger partial charge in [0, 0.05) is 23.9 Å². The maximum absolute atomic E-state index is 14.0. The molecule has 1 saturated heterocycles. The lowest BCUT2D eigenvalue weighted by Crippen LogP contribution is -2.26. The highest BCUT2D eigenvalue weighted by atomic mass is 32.1. The fourth-order valence-electron chi connectivity index (χ4n) is 7.30. The van der Waals surface area contributed by atoms with E-state index >= 15 is 0 Å². The van der Waals surface area contributed by atoms with Gasteiger partial charge in [-0.2, -0.15) is 0 Å². The van der Waals surface area contributed by atoms with Crippen LogP contribution in [0, 0.1) is 12.7 Å². The van der Waals surface area contributed by atoms with E-state index in [0.717, 1.165) is 64.4 Å². The van der Waals surface area contributed by atoms with E-state index in [0.29, 0.717) is 46.8 Å². The fraction of sp³-hybridized carbons (Fsp3) is 0.306. The molecule has 0 radical (unpaired) electrons. The minimum Gasteiger partial charge on any atom is -0.496 e. The number of halogens is 1. The predicted octanol–water partition coefficient (Wildman–Crippen LogP) is 6.81. The number of hydrogen-bond donors (Lipinski definition) is 1. The van der Waals surface area contributed by atoms with Crippen LogP contribution in [0.2, 0.25) is 0 Å². The molecule has 1 aliphatic carbocycles. The van der Waals surface area contributed by atoms with Gasteiger partial charge in [-0.25, -0.2) is 4.39 Å². The first kappa shape index (κ1) is 29.5. The van der Waals surface area contributed by atoms with E-state index in [1.165, 1.54) is 23.5 Å².